The second kappa shape index (κ2) is 12.4. The van der Waals surface area contributed by atoms with Crippen molar-refractivity contribution in [3.05, 3.63) is 59.7 Å². The van der Waals surface area contributed by atoms with E-state index in [0.29, 0.717) is 19.7 Å². The van der Waals surface area contributed by atoms with Gasteiger partial charge in [0.15, 0.2) is 0 Å². The summed E-state index contributed by atoms with van der Waals surface area (Å²) < 4.78 is 10.7. The number of carboxylic acids is 1. The molecule has 2 aromatic rings. The van der Waals surface area contributed by atoms with Crippen molar-refractivity contribution in [3.63, 3.8) is 0 Å². The van der Waals surface area contributed by atoms with E-state index in [1.54, 1.807) is 12.0 Å². The average Bonchev–Trinajstić information content (AvgIpc) is 3.16. The van der Waals surface area contributed by atoms with Crippen molar-refractivity contribution < 1.29 is 29.0 Å². The summed E-state index contributed by atoms with van der Waals surface area (Å²) in [4.78, 5) is 38.8. The van der Waals surface area contributed by atoms with Crippen LogP contribution < -0.4 is 5.32 Å². The van der Waals surface area contributed by atoms with Crippen LogP contribution in [0.15, 0.2) is 48.5 Å². The minimum atomic E-state index is -1.04. The Balaban J connectivity index is 1.70. The number of aliphatic carboxylic acids is 1. The largest absolute Gasteiger partial charge is 0.481 e. The molecule has 1 unspecified atom stereocenters. The van der Waals surface area contributed by atoms with Crippen LogP contribution in [0.2, 0.25) is 0 Å². The van der Waals surface area contributed by atoms with Crippen LogP contribution in [0.4, 0.5) is 4.79 Å². The molecule has 2 aromatic carbocycles. The molecule has 0 spiro atoms. The van der Waals surface area contributed by atoms with Crippen LogP contribution in [-0.4, -0.2) is 67.4 Å². The number of hydrogen-bond acceptors (Lipinski definition) is 5. The first kappa shape index (κ1) is 26.2. The topological polar surface area (TPSA) is 105 Å². The van der Waals surface area contributed by atoms with Crippen molar-refractivity contribution in [1.82, 2.24) is 10.2 Å². The quantitative estimate of drug-likeness (QED) is 0.476. The molecule has 0 heterocycles. The minimum absolute atomic E-state index is 0.0278. The maximum atomic E-state index is 13.2. The van der Waals surface area contributed by atoms with Gasteiger partial charge in [-0.1, -0.05) is 62.4 Å². The summed E-state index contributed by atoms with van der Waals surface area (Å²) in [5.41, 5.74) is 4.41. The van der Waals surface area contributed by atoms with Crippen molar-refractivity contribution >= 4 is 18.0 Å². The molecule has 2 amide bonds. The number of nitrogens with one attached hydrogen (secondary N) is 1. The van der Waals surface area contributed by atoms with E-state index in [-0.39, 0.29) is 37.2 Å². The second-order valence-electron chi connectivity index (χ2n) is 9.13. The Morgan fingerprint density at radius 2 is 1.63 bits per heavy atom. The molecule has 35 heavy (non-hydrogen) atoms. The number of ether oxygens (including phenoxy) is 2. The van der Waals surface area contributed by atoms with Crippen molar-refractivity contribution in [2.75, 3.05) is 33.4 Å². The fourth-order valence-electron chi connectivity index (χ4n) is 4.46. The second-order valence-corrected chi connectivity index (χ2v) is 9.13. The Morgan fingerprint density at radius 3 is 2.17 bits per heavy atom. The smallest absolute Gasteiger partial charge is 0.407 e. The molecule has 188 valence electrons. The molecule has 8 heteroatoms. The number of rotatable bonds is 12. The number of amides is 2. The highest BCUT2D eigenvalue weighted by Gasteiger charge is 2.31. The molecule has 3 rings (SSSR count). The number of hydrogen-bond donors (Lipinski definition) is 2. The van der Waals surface area contributed by atoms with Crippen LogP contribution in [0, 0.1) is 5.92 Å². The third-order valence-corrected chi connectivity index (χ3v) is 6.04. The van der Waals surface area contributed by atoms with Crippen LogP contribution in [0.1, 0.15) is 43.7 Å². The van der Waals surface area contributed by atoms with Crippen molar-refractivity contribution in [1.29, 1.82) is 0 Å². The van der Waals surface area contributed by atoms with Gasteiger partial charge in [-0.15, -0.1) is 0 Å². The summed E-state index contributed by atoms with van der Waals surface area (Å²) in [5.74, 6) is -1.29. The summed E-state index contributed by atoms with van der Waals surface area (Å²) in [7, 11) is 1.55. The Morgan fingerprint density at radius 1 is 1.03 bits per heavy atom. The number of carbonyl (C=O) groups is 3. The van der Waals surface area contributed by atoms with E-state index in [2.05, 4.69) is 17.4 Å². The lowest BCUT2D eigenvalue weighted by atomic mass is 9.98. The van der Waals surface area contributed by atoms with Crippen molar-refractivity contribution in [3.8, 4) is 11.1 Å². The highest BCUT2D eigenvalue weighted by atomic mass is 16.5. The summed E-state index contributed by atoms with van der Waals surface area (Å²) in [6.45, 7) is 5.24. The molecule has 1 aliphatic carbocycles. The highest BCUT2D eigenvalue weighted by Crippen LogP contribution is 2.44. The van der Waals surface area contributed by atoms with Crippen LogP contribution in [0.3, 0.4) is 0 Å². The SMILES string of the molecule is COCCN(CC(C)C)C(=O)C(CCC(=O)O)NC(=O)OCC1c2ccccc2-c2ccccc21. The van der Waals surface area contributed by atoms with E-state index in [1.165, 1.54) is 0 Å². The molecular formula is C27H34N2O6. The number of alkyl carbamates (subject to hydrolysis) is 1. The standard InChI is InChI=1S/C27H34N2O6/c1-18(2)16-29(14-15-34-3)26(32)24(12-13-25(30)31)28-27(33)35-17-23-21-10-6-4-8-19(21)20-9-5-7-11-22(20)23/h4-11,18,23-24H,12-17H2,1-3H3,(H,28,33)(H,30,31). The molecule has 0 saturated heterocycles. The number of benzene rings is 2. The van der Waals surface area contributed by atoms with Gasteiger partial charge in [0.05, 0.1) is 6.61 Å². The lowest BCUT2D eigenvalue weighted by Gasteiger charge is -2.29. The van der Waals surface area contributed by atoms with E-state index < -0.39 is 18.1 Å². The van der Waals surface area contributed by atoms with E-state index in [0.717, 1.165) is 22.3 Å². The van der Waals surface area contributed by atoms with E-state index in [9.17, 15) is 14.4 Å². The first-order valence-electron chi connectivity index (χ1n) is 11.9. The van der Waals surface area contributed by atoms with E-state index in [1.807, 2.05) is 50.2 Å². The van der Waals surface area contributed by atoms with Crippen LogP contribution in [-0.2, 0) is 19.1 Å². The summed E-state index contributed by atoms with van der Waals surface area (Å²) in [6, 6.07) is 15.0. The van der Waals surface area contributed by atoms with Gasteiger partial charge < -0.3 is 24.8 Å². The molecule has 0 aromatic heterocycles. The van der Waals surface area contributed by atoms with Gasteiger partial charge in [0.1, 0.15) is 12.6 Å². The number of nitrogens with zero attached hydrogens (tertiary/aromatic N) is 1. The predicted molar refractivity (Wildman–Crippen MR) is 132 cm³/mol. The van der Waals surface area contributed by atoms with E-state index >= 15 is 0 Å². The fourth-order valence-corrected chi connectivity index (χ4v) is 4.46. The molecule has 0 fully saturated rings. The number of carbonyl (C=O) groups excluding carboxylic acids is 2. The average molecular weight is 483 g/mol. The molecule has 1 aliphatic rings. The summed E-state index contributed by atoms with van der Waals surface area (Å²) in [6.07, 6.45) is -1.02. The molecule has 0 radical (unpaired) electrons. The number of methoxy groups -OCH3 is 1. The van der Waals surface area contributed by atoms with Gasteiger partial charge in [-0.2, -0.15) is 0 Å². The van der Waals surface area contributed by atoms with Crippen LogP contribution in [0.25, 0.3) is 11.1 Å². The Bertz CT molecular complexity index is 992. The molecule has 0 aliphatic heterocycles. The number of carboxylic acid groups (broad SMARTS) is 1. The maximum Gasteiger partial charge on any atom is 0.407 e. The monoisotopic (exact) mass is 482 g/mol. The van der Waals surface area contributed by atoms with Crippen molar-refractivity contribution in [2.24, 2.45) is 5.92 Å². The van der Waals surface area contributed by atoms with Gasteiger partial charge in [-0.3, -0.25) is 9.59 Å². The molecule has 2 N–H and O–H groups in total. The summed E-state index contributed by atoms with van der Waals surface area (Å²) >= 11 is 0. The maximum absolute atomic E-state index is 13.2. The first-order valence-corrected chi connectivity index (χ1v) is 11.9. The third-order valence-electron chi connectivity index (χ3n) is 6.04. The highest BCUT2D eigenvalue weighted by molar-refractivity contribution is 5.86. The molecule has 0 saturated carbocycles. The zero-order valence-corrected chi connectivity index (χ0v) is 20.5. The molecule has 1 atom stereocenters. The zero-order chi connectivity index (χ0) is 25.4. The lowest BCUT2D eigenvalue weighted by molar-refractivity contribution is -0.138. The lowest BCUT2D eigenvalue weighted by Crippen LogP contribution is -2.50. The van der Waals surface area contributed by atoms with Gasteiger partial charge in [0.25, 0.3) is 0 Å². The number of fused-ring (bicyclic) bond motifs is 3. The summed E-state index contributed by atoms with van der Waals surface area (Å²) in [5, 5.41) is 11.8. The minimum Gasteiger partial charge on any atom is -0.481 e. The Kier molecular flexibility index (Phi) is 9.25. The predicted octanol–water partition coefficient (Wildman–Crippen LogP) is 3.89. The molecule has 8 nitrogen and oxygen atoms in total. The normalized spacial score (nSPS) is 13.1. The van der Waals surface area contributed by atoms with Gasteiger partial charge in [-0.05, 0) is 34.6 Å². The van der Waals surface area contributed by atoms with Gasteiger partial charge in [0, 0.05) is 32.5 Å². The van der Waals surface area contributed by atoms with Crippen molar-refractivity contribution in [2.45, 2.75) is 38.6 Å². The van der Waals surface area contributed by atoms with Crippen LogP contribution in [0.5, 0.6) is 0 Å². The Labute approximate surface area is 206 Å². The van der Waals surface area contributed by atoms with Crippen LogP contribution >= 0.6 is 0 Å². The molecule has 0 bridgehead atoms. The van der Waals surface area contributed by atoms with Gasteiger partial charge in [-0.25, -0.2) is 4.79 Å². The zero-order valence-electron chi connectivity index (χ0n) is 20.5. The van der Waals surface area contributed by atoms with Gasteiger partial charge in [0.2, 0.25) is 5.91 Å². The Hall–Kier alpha value is -3.39. The van der Waals surface area contributed by atoms with E-state index in [4.69, 9.17) is 14.6 Å². The van der Waals surface area contributed by atoms with Gasteiger partial charge >= 0.3 is 12.1 Å². The first-order chi connectivity index (χ1) is 16.8. The molecular weight excluding hydrogens is 448 g/mol. The third kappa shape index (κ3) is 6.82. The fraction of sp³-hybridized carbons (Fsp3) is 0.444.